The largest absolute Gasteiger partial charge is 0.387 e. The van der Waals surface area contributed by atoms with Gasteiger partial charge >= 0.3 is 6.03 Å². The maximum atomic E-state index is 12.0. The first-order valence-corrected chi connectivity index (χ1v) is 8.29. The normalized spacial score (nSPS) is 12.2. The molecule has 3 aromatic rings. The number of nitrogens with zero attached hydrogens (tertiary/aromatic N) is 1. The van der Waals surface area contributed by atoms with Crippen molar-refractivity contribution in [3.63, 3.8) is 0 Å². The van der Waals surface area contributed by atoms with E-state index in [-0.39, 0.29) is 12.6 Å². The molecule has 1 atom stereocenters. The minimum Gasteiger partial charge on any atom is -0.387 e. The van der Waals surface area contributed by atoms with Crippen molar-refractivity contribution in [3.8, 4) is 0 Å². The Hall–Kier alpha value is -2.79. The van der Waals surface area contributed by atoms with E-state index in [1.807, 2.05) is 74.1 Å². The van der Waals surface area contributed by atoms with E-state index in [1.54, 1.807) is 0 Å². The van der Waals surface area contributed by atoms with Gasteiger partial charge in [-0.1, -0.05) is 12.1 Å². The highest BCUT2D eigenvalue weighted by atomic mass is 16.3. The number of fused-ring (bicyclic) bond motifs is 1. The third kappa shape index (κ3) is 3.83. The first-order valence-electron chi connectivity index (χ1n) is 8.29. The predicted molar refractivity (Wildman–Crippen MR) is 101 cm³/mol. The number of carbonyl (C=O) groups is 1. The lowest BCUT2D eigenvalue weighted by atomic mass is 10.1. The van der Waals surface area contributed by atoms with Crippen molar-refractivity contribution in [2.24, 2.45) is 7.05 Å². The smallest absolute Gasteiger partial charge is 0.319 e. The summed E-state index contributed by atoms with van der Waals surface area (Å²) in [5, 5.41) is 16.9. The Kier molecular flexibility index (Phi) is 4.76. The van der Waals surface area contributed by atoms with E-state index in [0.717, 1.165) is 27.7 Å². The van der Waals surface area contributed by atoms with Crippen LogP contribution in [0, 0.1) is 13.8 Å². The SMILES string of the molecule is Cc1ccc(NC(=O)NC[C@H](O)c2ccc3c(ccn3C)c2)cc1C. The second kappa shape index (κ2) is 6.99. The van der Waals surface area contributed by atoms with Crippen molar-refractivity contribution in [1.82, 2.24) is 9.88 Å². The molecule has 5 nitrogen and oxygen atoms in total. The van der Waals surface area contributed by atoms with Crippen molar-refractivity contribution in [3.05, 3.63) is 65.4 Å². The first kappa shape index (κ1) is 17.0. The quantitative estimate of drug-likeness (QED) is 0.680. The molecular formula is C20H23N3O2. The van der Waals surface area contributed by atoms with Crippen molar-refractivity contribution in [2.45, 2.75) is 20.0 Å². The van der Waals surface area contributed by atoms with Crippen molar-refractivity contribution >= 4 is 22.6 Å². The van der Waals surface area contributed by atoms with Crippen LogP contribution in [0.5, 0.6) is 0 Å². The molecule has 0 saturated carbocycles. The number of amides is 2. The molecule has 0 saturated heterocycles. The number of anilines is 1. The van der Waals surface area contributed by atoms with Crippen molar-refractivity contribution < 1.29 is 9.90 Å². The van der Waals surface area contributed by atoms with Crippen molar-refractivity contribution in [1.29, 1.82) is 0 Å². The maximum Gasteiger partial charge on any atom is 0.319 e. The summed E-state index contributed by atoms with van der Waals surface area (Å²) in [7, 11) is 1.98. The zero-order chi connectivity index (χ0) is 18.0. The molecule has 0 aliphatic rings. The number of hydrogen-bond donors (Lipinski definition) is 3. The molecule has 2 aromatic carbocycles. The molecule has 1 heterocycles. The van der Waals surface area contributed by atoms with Crippen LogP contribution in [0.15, 0.2) is 48.7 Å². The minimum atomic E-state index is -0.755. The molecular weight excluding hydrogens is 314 g/mol. The molecule has 5 heteroatoms. The molecule has 0 spiro atoms. The van der Waals surface area contributed by atoms with Crippen LogP contribution < -0.4 is 10.6 Å². The molecule has 25 heavy (non-hydrogen) atoms. The summed E-state index contributed by atoms with van der Waals surface area (Å²) in [5.41, 5.74) is 4.93. The van der Waals surface area contributed by atoms with E-state index in [2.05, 4.69) is 10.6 Å². The summed E-state index contributed by atoms with van der Waals surface area (Å²) < 4.78 is 2.03. The zero-order valence-corrected chi connectivity index (χ0v) is 14.7. The molecule has 0 aliphatic heterocycles. The second-order valence-electron chi connectivity index (χ2n) is 6.39. The number of aliphatic hydroxyl groups is 1. The summed E-state index contributed by atoms with van der Waals surface area (Å²) in [6, 6.07) is 13.2. The Balaban J connectivity index is 1.59. The van der Waals surface area contributed by atoms with Gasteiger partial charge in [-0.25, -0.2) is 4.79 Å². The van der Waals surface area contributed by atoms with Gasteiger partial charge in [-0.05, 0) is 66.3 Å². The Bertz CT molecular complexity index is 914. The highest BCUT2D eigenvalue weighted by Gasteiger charge is 2.11. The molecule has 3 N–H and O–H groups in total. The number of urea groups is 1. The van der Waals surface area contributed by atoms with Gasteiger partial charge in [0.25, 0.3) is 0 Å². The van der Waals surface area contributed by atoms with E-state index < -0.39 is 6.10 Å². The number of aromatic nitrogens is 1. The number of aryl methyl sites for hydroxylation is 3. The van der Waals surface area contributed by atoms with Gasteiger partial charge in [0.2, 0.25) is 0 Å². The second-order valence-corrected chi connectivity index (χ2v) is 6.39. The van der Waals surface area contributed by atoms with E-state index in [9.17, 15) is 9.90 Å². The predicted octanol–water partition coefficient (Wildman–Crippen LogP) is 3.65. The number of carbonyl (C=O) groups excluding carboxylic acids is 1. The lowest BCUT2D eigenvalue weighted by Crippen LogP contribution is -2.32. The summed E-state index contributed by atoms with van der Waals surface area (Å²) in [5.74, 6) is 0. The fourth-order valence-corrected chi connectivity index (χ4v) is 2.81. The third-order valence-corrected chi connectivity index (χ3v) is 4.51. The third-order valence-electron chi connectivity index (χ3n) is 4.51. The lowest BCUT2D eigenvalue weighted by molar-refractivity contribution is 0.175. The van der Waals surface area contributed by atoms with E-state index >= 15 is 0 Å². The highest BCUT2D eigenvalue weighted by molar-refractivity contribution is 5.89. The van der Waals surface area contributed by atoms with Gasteiger partial charge in [-0.3, -0.25) is 0 Å². The summed E-state index contributed by atoms with van der Waals surface area (Å²) >= 11 is 0. The fourth-order valence-electron chi connectivity index (χ4n) is 2.81. The number of hydrogen-bond acceptors (Lipinski definition) is 2. The average Bonchev–Trinajstić information content (AvgIpc) is 2.96. The van der Waals surface area contributed by atoms with E-state index in [1.165, 1.54) is 5.56 Å². The van der Waals surface area contributed by atoms with E-state index in [4.69, 9.17) is 0 Å². The molecule has 0 aliphatic carbocycles. The Labute approximate surface area is 147 Å². The summed E-state index contributed by atoms with van der Waals surface area (Å²) in [6.45, 7) is 4.18. The average molecular weight is 337 g/mol. The van der Waals surface area contributed by atoms with Crippen LogP contribution in [0.3, 0.4) is 0 Å². The Morgan fingerprint density at radius 3 is 2.68 bits per heavy atom. The van der Waals surface area contributed by atoms with Gasteiger partial charge in [0, 0.05) is 31.0 Å². The first-order chi connectivity index (χ1) is 11.9. The van der Waals surface area contributed by atoms with Crippen LogP contribution >= 0.6 is 0 Å². The highest BCUT2D eigenvalue weighted by Crippen LogP contribution is 2.21. The van der Waals surface area contributed by atoms with Crippen molar-refractivity contribution in [2.75, 3.05) is 11.9 Å². The molecule has 2 amide bonds. The van der Waals surface area contributed by atoms with Gasteiger partial charge in [-0.15, -0.1) is 0 Å². The number of benzene rings is 2. The van der Waals surface area contributed by atoms with Gasteiger partial charge in [0.1, 0.15) is 0 Å². The van der Waals surface area contributed by atoms with Gasteiger partial charge in [0.15, 0.2) is 0 Å². The van der Waals surface area contributed by atoms with E-state index in [0.29, 0.717) is 0 Å². The molecule has 0 radical (unpaired) electrons. The summed E-state index contributed by atoms with van der Waals surface area (Å²) in [6.07, 6.45) is 1.23. The van der Waals surface area contributed by atoms with Crippen LogP contribution in [0.25, 0.3) is 10.9 Å². The minimum absolute atomic E-state index is 0.148. The number of nitrogens with one attached hydrogen (secondary N) is 2. The van der Waals surface area contributed by atoms with Gasteiger partial charge in [-0.2, -0.15) is 0 Å². The van der Waals surface area contributed by atoms with Crippen LogP contribution in [-0.4, -0.2) is 22.2 Å². The lowest BCUT2D eigenvalue weighted by Gasteiger charge is -2.14. The fraction of sp³-hybridized carbons (Fsp3) is 0.250. The number of aliphatic hydroxyl groups excluding tert-OH is 1. The molecule has 130 valence electrons. The molecule has 1 aromatic heterocycles. The van der Waals surface area contributed by atoms with Crippen LogP contribution in [-0.2, 0) is 7.05 Å². The number of rotatable bonds is 4. The van der Waals surface area contributed by atoms with Crippen LogP contribution in [0.4, 0.5) is 10.5 Å². The Morgan fingerprint density at radius 2 is 1.92 bits per heavy atom. The standard InChI is InChI=1S/C20H23N3O2/c1-13-4-6-17(10-14(13)2)22-20(25)21-12-19(24)16-5-7-18-15(11-16)8-9-23(18)3/h4-11,19,24H,12H2,1-3H3,(H2,21,22,25)/t19-/m0/s1. The van der Waals surface area contributed by atoms with Crippen LogP contribution in [0.2, 0.25) is 0 Å². The van der Waals surface area contributed by atoms with Crippen LogP contribution in [0.1, 0.15) is 22.8 Å². The van der Waals surface area contributed by atoms with Gasteiger partial charge in [0.05, 0.1) is 6.10 Å². The monoisotopic (exact) mass is 337 g/mol. The van der Waals surface area contributed by atoms with Gasteiger partial charge < -0.3 is 20.3 Å². The Morgan fingerprint density at radius 1 is 1.12 bits per heavy atom. The topological polar surface area (TPSA) is 66.3 Å². The molecule has 0 fully saturated rings. The zero-order valence-electron chi connectivity index (χ0n) is 14.7. The molecule has 0 bridgehead atoms. The molecule has 3 rings (SSSR count). The molecule has 0 unspecified atom stereocenters. The maximum absolute atomic E-state index is 12.0. The summed E-state index contributed by atoms with van der Waals surface area (Å²) in [4.78, 5) is 12.0.